The number of aliphatic hydroxyl groups is 1. The Balaban J connectivity index is 1.47. The number of pyridine rings is 1. The van der Waals surface area contributed by atoms with Crippen molar-refractivity contribution in [3.8, 4) is 17.1 Å². The molecule has 4 aromatic rings. The lowest BCUT2D eigenvalue weighted by Crippen LogP contribution is -2.28. The highest BCUT2D eigenvalue weighted by atomic mass is 16.5. The maximum absolute atomic E-state index is 11.1. The molecule has 2 heterocycles. The predicted octanol–water partition coefficient (Wildman–Crippen LogP) is 4.72. The minimum atomic E-state index is -1.29. The van der Waals surface area contributed by atoms with Crippen LogP contribution in [-0.4, -0.2) is 20.2 Å². The molecule has 30 heavy (non-hydrogen) atoms. The van der Waals surface area contributed by atoms with Gasteiger partial charge < -0.3 is 14.4 Å². The zero-order valence-corrected chi connectivity index (χ0v) is 16.9. The third-order valence-electron chi connectivity index (χ3n) is 5.24. The van der Waals surface area contributed by atoms with Gasteiger partial charge in [-0.2, -0.15) is 4.98 Å². The van der Waals surface area contributed by atoms with Crippen molar-refractivity contribution >= 4 is 0 Å². The molecule has 1 N–H and O–H groups in total. The Hall–Kier alpha value is -3.51. The summed E-state index contributed by atoms with van der Waals surface area (Å²) in [6.07, 6.45) is 3.51. The van der Waals surface area contributed by atoms with Gasteiger partial charge >= 0.3 is 0 Å². The van der Waals surface area contributed by atoms with E-state index >= 15 is 0 Å². The van der Waals surface area contributed by atoms with E-state index < -0.39 is 5.60 Å². The maximum Gasteiger partial charge on any atom is 0.259 e. The van der Waals surface area contributed by atoms with E-state index in [-0.39, 0.29) is 11.8 Å². The highest BCUT2D eigenvalue weighted by Gasteiger charge is 2.37. The molecule has 6 heteroatoms. The summed E-state index contributed by atoms with van der Waals surface area (Å²) in [5.41, 5.74) is 1.48. The first-order valence-electron chi connectivity index (χ1n) is 9.77. The van der Waals surface area contributed by atoms with E-state index in [0.29, 0.717) is 12.4 Å². The van der Waals surface area contributed by atoms with E-state index in [1.54, 1.807) is 19.3 Å². The first kappa shape index (κ1) is 19.8. The van der Waals surface area contributed by atoms with Crippen LogP contribution in [0.3, 0.4) is 0 Å². The molecule has 2 aromatic carbocycles. The van der Waals surface area contributed by atoms with Crippen molar-refractivity contribution in [2.75, 3.05) is 0 Å². The highest BCUT2D eigenvalue weighted by Crippen LogP contribution is 2.36. The molecule has 0 fully saturated rings. The Morgan fingerprint density at radius 1 is 1.03 bits per heavy atom. The molecule has 0 aliphatic carbocycles. The third kappa shape index (κ3) is 4.23. The van der Waals surface area contributed by atoms with E-state index in [1.165, 1.54) is 0 Å². The van der Waals surface area contributed by atoms with Gasteiger partial charge in [0.25, 0.3) is 5.89 Å². The molecule has 2 atom stereocenters. The van der Waals surface area contributed by atoms with E-state index in [2.05, 4.69) is 15.1 Å². The van der Waals surface area contributed by atoms with Gasteiger partial charge in [-0.25, -0.2) is 0 Å². The summed E-state index contributed by atoms with van der Waals surface area (Å²) in [6, 6.07) is 21.1. The third-order valence-corrected chi connectivity index (χ3v) is 5.24. The Bertz CT molecular complexity index is 1080. The number of nitrogens with zero attached hydrogens (tertiary/aromatic N) is 3. The Kier molecular flexibility index (Phi) is 5.59. The highest BCUT2D eigenvalue weighted by molar-refractivity contribution is 5.55. The van der Waals surface area contributed by atoms with Gasteiger partial charge in [0.05, 0.1) is 0 Å². The van der Waals surface area contributed by atoms with Crippen molar-refractivity contribution in [2.45, 2.75) is 32.0 Å². The first-order chi connectivity index (χ1) is 14.5. The van der Waals surface area contributed by atoms with Crippen LogP contribution in [0.5, 0.6) is 5.75 Å². The summed E-state index contributed by atoms with van der Waals surface area (Å²) >= 11 is 0. The second kappa shape index (κ2) is 8.47. The van der Waals surface area contributed by atoms with Gasteiger partial charge in [-0.1, -0.05) is 48.5 Å². The number of ether oxygens (including phenoxy) is 1. The van der Waals surface area contributed by atoms with Gasteiger partial charge in [0, 0.05) is 29.4 Å². The first-order valence-corrected chi connectivity index (χ1v) is 9.77. The van der Waals surface area contributed by atoms with Crippen molar-refractivity contribution in [2.24, 2.45) is 0 Å². The molecule has 0 aliphatic heterocycles. The molecule has 2 aromatic heterocycles. The minimum Gasteiger partial charge on any atom is -0.489 e. The van der Waals surface area contributed by atoms with Crippen LogP contribution in [-0.2, 0) is 12.2 Å². The van der Waals surface area contributed by atoms with Crippen LogP contribution in [0.2, 0.25) is 0 Å². The summed E-state index contributed by atoms with van der Waals surface area (Å²) in [5, 5.41) is 15.1. The summed E-state index contributed by atoms with van der Waals surface area (Å²) < 4.78 is 11.2. The van der Waals surface area contributed by atoms with E-state index in [1.807, 2.05) is 73.7 Å². The van der Waals surface area contributed by atoms with Crippen molar-refractivity contribution in [3.63, 3.8) is 0 Å². The summed E-state index contributed by atoms with van der Waals surface area (Å²) in [5.74, 6) is 1.13. The van der Waals surface area contributed by atoms with Gasteiger partial charge in [-0.05, 0) is 42.8 Å². The van der Waals surface area contributed by atoms with Crippen LogP contribution in [0.1, 0.15) is 36.8 Å². The Morgan fingerprint density at radius 3 is 2.50 bits per heavy atom. The topological polar surface area (TPSA) is 81.3 Å². The summed E-state index contributed by atoms with van der Waals surface area (Å²) in [7, 11) is 0. The number of hydrogen-bond acceptors (Lipinski definition) is 6. The molecular formula is C24H23N3O3. The van der Waals surface area contributed by atoms with Gasteiger partial charge in [0.1, 0.15) is 18.0 Å². The second-order valence-electron chi connectivity index (χ2n) is 7.38. The second-order valence-corrected chi connectivity index (χ2v) is 7.38. The lowest BCUT2D eigenvalue weighted by molar-refractivity contribution is 0.000604. The van der Waals surface area contributed by atoms with Crippen molar-refractivity contribution < 1.29 is 14.4 Å². The molecule has 6 nitrogen and oxygen atoms in total. The van der Waals surface area contributed by atoms with Gasteiger partial charge in [0.2, 0.25) is 5.82 Å². The van der Waals surface area contributed by atoms with E-state index in [4.69, 9.17) is 9.26 Å². The average molecular weight is 401 g/mol. The quantitative estimate of drug-likeness (QED) is 0.482. The van der Waals surface area contributed by atoms with Gasteiger partial charge in [0.15, 0.2) is 0 Å². The molecule has 4 rings (SSSR count). The number of aromatic nitrogens is 3. The van der Waals surface area contributed by atoms with Crippen molar-refractivity contribution in [1.82, 2.24) is 15.1 Å². The normalized spacial score (nSPS) is 14.1. The number of rotatable bonds is 7. The lowest BCUT2D eigenvalue weighted by atomic mass is 9.85. The van der Waals surface area contributed by atoms with Crippen LogP contribution in [0, 0.1) is 0 Å². The van der Waals surface area contributed by atoms with Crippen molar-refractivity contribution in [1.29, 1.82) is 0 Å². The lowest BCUT2D eigenvalue weighted by Gasteiger charge is -2.26. The summed E-state index contributed by atoms with van der Waals surface area (Å²) in [6.45, 7) is 4.07. The number of benzene rings is 2. The molecule has 152 valence electrons. The largest absolute Gasteiger partial charge is 0.489 e. The fraction of sp³-hybridized carbons (Fsp3) is 0.208. The van der Waals surface area contributed by atoms with E-state index in [9.17, 15) is 5.11 Å². The monoisotopic (exact) mass is 401 g/mol. The SMILES string of the molecule is C[C@H](c1ccccc1)[C@@](C)(O)c1nc(-c2ccc(OCc3cccnc3)cc2)no1. The standard InChI is InChI=1S/C24H23N3O3/c1-17(19-8-4-3-5-9-19)24(2,28)23-26-22(27-30-23)20-10-12-21(13-11-20)29-16-18-7-6-14-25-15-18/h3-15,17,28H,16H2,1-2H3/t17-,24-/m1/s1. The molecule has 0 bridgehead atoms. The molecule has 0 radical (unpaired) electrons. The smallest absolute Gasteiger partial charge is 0.259 e. The molecule has 0 saturated carbocycles. The van der Waals surface area contributed by atoms with Crippen LogP contribution in [0.15, 0.2) is 83.6 Å². The molecule has 0 saturated heterocycles. The summed E-state index contributed by atoms with van der Waals surface area (Å²) in [4.78, 5) is 8.52. The van der Waals surface area contributed by atoms with Gasteiger partial charge in [-0.15, -0.1) is 0 Å². The van der Waals surface area contributed by atoms with Gasteiger partial charge in [-0.3, -0.25) is 4.98 Å². The minimum absolute atomic E-state index is 0.186. The van der Waals surface area contributed by atoms with Crippen LogP contribution < -0.4 is 4.74 Å². The predicted molar refractivity (Wildman–Crippen MR) is 113 cm³/mol. The Labute approximate surface area is 175 Å². The van der Waals surface area contributed by atoms with E-state index in [0.717, 1.165) is 22.4 Å². The zero-order valence-electron chi connectivity index (χ0n) is 16.9. The molecule has 0 amide bonds. The molecular weight excluding hydrogens is 378 g/mol. The zero-order chi connectivity index (χ0) is 21.0. The fourth-order valence-electron chi connectivity index (χ4n) is 3.15. The molecule has 0 unspecified atom stereocenters. The molecule has 0 aliphatic rings. The molecule has 0 spiro atoms. The van der Waals surface area contributed by atoms with Crippen LogP contribution in [0.4, 0.5) is 0 Å². The maximum atomic E-state index is 11.1. The Morgan fingerprint density at radius 2 is 1.80 bits per heavy atom. The van der Waals surface area contributed by atoms with Crippen LogP contribution in [0.25, 0.3) is 11.4 Å². The number of hydrogen-bond donors (Lipinski definition) is 1. The fourth-order valence-corrected chi connectivity index (χ4v) is 3.15. The van der Waals surface area contributed by atoms with Crippen molar-refractivity contribution in [3.05, 3.63) is 96.1 Å². The van der Waals surface area contributed by atoms with Crippen LogP contribution >= 0.6 is 0 Å². The average Bonchev–Trinajstić information content (AvgIpc) is 3.30.